The van der Waals surface area contributed by atoms with Crippen LogP contribution in [0.25, 0.3) is 0 Å². The summed E-state index contributed by atoms with van der Waals surface area (Å²) in [7, 11) is 1.45. The minimum atomic E-state index is -5.07. The normalized spacial score (nSPS) is 14.3. The molecule has 31 heavy (non-hydrogen) atoms. The van der Waals surface area contributed by atoms with E-state index in [4.69, 9.17) is 10.5 Å². The molecule has 0 bridgehead atoms. The fourth-order valence-electron chi connectivity index (χ4n) is 3.13. The Bertz CT molecular complexity index is 1100. The van der Waals surface area contributed by atoms with Crippen LogP contribution in [0.4, 0.5) is 36.2 Å². The van der Waals surface area contributed by atoms with Crippen LogP contribution in [0.5, 0.6) is 0 Å². The number of anilines is 2. The van der Waals surface area contributed by atoms with E-state index >= 15 is 0 Å². The molecule has 0 aliphatic carbocycles. The number of rotatable bonds is 4. The van der Waals surface area contributed by atoms with Crippen molar-refractivity contribution in [2.45, 2.75) is 25.4 Å². The molecular weight excluding hydrogens is 413 g/mol. The number of hydrogen-bond donors (Lipinski definition) is 1. The van der Waals surface area contributed by atoms with Crippen molar-refractivity contribution in [1.29, 1.82) is 10.5 Å². The SMILES string of the molecule is Cn1c(N=Nc2ccc(N3CCCCC3)cc2NC(=O)C(F)(F)F)nc(C#N)c1C#N. The number of aromatic nitrogens is 2. The maximum atomic E-state index is 12.8. The number of carbonyl (C=O) groups is 1. The zero-order chi connectivity index (χ0) is 22.6. The van der Waals surface area contributed by atoms with Gasteiger partial charge in [-0.2, -0.15) is 28.7 Å². The second kappa shape index (κ2) is 8.83. The largest absolute Gasteiger partial charge is 0.471 e. The number of nitrogens with one attached hydrogen (secondary N) is 1. The number of azo groups is 1. The van der Waals surface area contributed by atoms with Crippen molar-refractivity contribution < 1.29 is 18.0 Å². The van der Waals surface area contributed by atoms with Gasteiger partial charge in [0.25, 0.3) is 5.95 Å². The van der Waals surface area contributed by atoms with E-state index in [1.165, 1.54) is 23.7 Å². The van der Waals surface area contributed by atoms with Crippen LogP contribution in [0.3, 0.4) is 0 Å². The highest BCUT2D eigenvalue weighted by molar-refractivity contribution is 5.97. The molecule has 1 N–H and O–H groups in total. The van der Waals surface area contributed by atoms with E-state index in [1.807, 2.05) is 16.3 Å². The Labute approximate surface area is 175 Å². The average molecular weight is 430 g/mol. The van der Waals surface area contributed by atoms with Crippen LogP contribution in [-0.2, 0) is 11.8 Å². The molecule has 3 rings (SSSR count). The quantitative estimate of drug-likeness (QED) is 0.733. The summed E-state index contributed by atoms with van der Waals surface area (Å²) >= 11 is 0. The second-order valence-electron chi connectivity index (χ2n) is 6.79. The lowest BCUT2D eigenvalue weighted by Gasteiger charge is -2.29. The van der Waals surface area contributed by atoms with E-state index in [2.05, 4.69) is 15.2 Å². The number of carbonyl (C=O) groups excluding carboxylic acids is 1. The molecule has 0 atom stereocenters. The molecule has 0 unspecified atom stereocenters. The molecule has 160 valence electrons. The number of halogens is 3. The lowest BCUT2D eigenvalue weighted by molar-refractivity contribution is -0.167. The summed E-state index contributed by atoms with van der Waals surface area (Å²) in [4.78, 5) is 17.4. The Balaban J connectivity index is 1.97. The van der Waals surface area contributed by atoms with Crippen molar-refractivity contribution in [1.82, 2.24) is 9.55 Å². The molecule has 1 aromatic heterocycles. The van der Waals surface area contributed by atoms with Crippen LogP contribution >= 0.6 is 0 Å². The summed E-state index contributed by atoms with van der Waals surface area (Å²) < 4.78 is 39.6. The molecule has 0 saturated carbocycles. The number of imidazole rings is 1. The molecule has 1 aliphatic heterocycles. The van der Waals surface area contributed by atoms with Crippen molar-refractivity contribution in [2.24, 2.45) is 17.3 Å². The van der Waals surface area contributed by atoms with Crippen LogP contribution in [0.15, 0.2) is 28.4 Å². The molecule has 1 aromatic carbocycles. The highest BCUT2D eigenvalue weighted by Gasteiger charge is 2.39. The van der Waals surface area contributed by atoms with Crippen molar-refractivity contribution in [3.63, 3.8) is 0 Å². The summed E-state index contributed by atoms with van der Waals surface area (Å²) in [5, 5.41) is 27.7. The Hall–Kier alpha value is -3.93. The van der Waals surface area contributed by atoms with Gasteiger partial charge in [0.15, 0.2) is 11.4 Å². The van der Waals surface area contributed by atoms with Crippen LogP contribution in [0, 0.1) is 22.7 Å². The van der Waals surface area contributed by atoms with Gasteiger partial charge in [0, 0.05) is 25.8 Å². The summed E-state index contributed by atoms with van der Waals surface area (Å²) in [6, 6.07) is 8.13. The van der Waals surface area contributed by atoms with Gasteiger partial charge >= 0.3 is 12.1 Å². The zero-order valence-electron chi connectivity index (χ0n) is 16.4. The molecule has 9 nitrogen and oxygen atoms in total. The molecule has 12 heteroatoms. The zero-order valence-corrected chi connectivity index (χ0v) is 16.4. The smallest absolute Gasteiger partial charge is 0.371 e. The van der Waals surface area contributed by atoms with E-state index in [9.17, 15) is 18.0 Å². The van der Waals surface area contributed by atoms with Crippen LogP contribution < -0.4 is 10.2 Å². The maximum absolute atomic E-state index is 12.8. The van der Waals surface area contributed by atoms with Gasteiger partial charge < -0.3 is 14.8 Å². The van der Waals surface area contributed by atoms with Crippen molar-refractivity contribution in [2.75, 3.05) is 23.3 Å². The number of hydrogen-bond acceptors (Lipinski definition) is 7. The monoisotopic (exact) mass is 430 g/mol. The summed E-state index contributed by atoms with van der Waals surface area (Å²) in [6.07, 6.45) is -2.06. The number of alkyl halides is 3. The molecule has 1 aliphatic rings. The Morgan fingerprint density at radius 3 is 2.45 bits per heavy atom. The van der Waals surface area contributed by atoms with Gasteiger partial charge in [-0.25, -0.2) is 0 Å². The van der Waals surface area contributed by atoms with E-state index in [-0.39, 0.29) is 28.7 Å². The molecule has 2 heterocycles. The molecule has 2 aromatic rings. The third-order valence-corrected chi connectivity index (χ3v) is 4.74. The third kappa shape index (κ3) is 4.80. The predicted molar refractivity (Wildman–Crippen MR) is 104 cm³/mol. The molecule has 1 amide bonds. The minimum Gasteiger partial charge on any atom is -0.371 e. The lowest BCUT2D eigenvalue weighted by Crippen LogP contribution is -2.31. The Morgan fingerprint density at radius 2 is 1.87 bits per heavy atom. The van der Waals surface area contributed by atoms with Gasteiger partial charge in [-0.1, -0.05) is 0 Å². The summed E-state index contributed by atoms with van der Waals surface area (Å²) in [5.74, 6) is -2.21. The molecule has 1 saturated heterocycles. The van der Waals surface area contributed by atoms with Crippen LogP contribution in [0.1, 0.15) is 30.7 Å². The van der Waals surface area contributed by atoms with Gasteiger partial charge in [-0.3, -0.25) is 4.79 Å². The molecular formula is C19H17F3N8O. The lowest BCUT2D eigenvalue weighted by atomic mass is 10.1. The highest BCUT2D eigenvalue weighted by Crippen LogP contribution is 2.33. The van der Waals surface area contributed by atoms with Gasteiger partial charge in [0.1, 0.15) is 17.8 Å². The molecule has 1 fully saturated rings. The fraction of sp³-hybridized carbons (Fsp3) is 0.368. The summed E-state index contributed by atoms with van der Waals surface area (Å²) in [6.45, 7) is 1.52. The number of benzene rings is 1. The van der Waals surface area contributed by atoms with E-state index in [0.717, 1.165) is 32.4 Å². The maximum Gasteiger partial charge on any atom is 0.471 e. The first-order chi connectivity index (χ1) is 14.7. The van der Waals surface area contributed by atoms with Gasteiger partial charge in [0.05, 0.1) is 5.69 Å². The Morgan fingerprint density at radius 1 is 1.16 bits per heavy atom. The van der Waals surface area contributed by atoms with Crippen molar-refractivity contribution >= 4 is 28.9 Å². The van der Waals surface area contributed by atoms with Gasteiger partial charge in [0.2, 0.25) is 0 Å². The predicted octanol–water partition coefficient (Wildman–Crippen LogP) is 4.07. The van der Waals surface area contributed by atoms with Gasteiger partial charge in [-0.15, -0.1) is 10.2 Å². The van der Waals surface area contributed by atoms with E-state index in [1.54, 1.807) is 12.1 Å². The van der Waals surface area contributed by atoms with Crippen molar-refractivity contribution in [3.8, 4) is 12.1 Å². The minimum absolute atomic E-state index is 0.0255. The van der Waals surface area contributed by atoms with Crippen molar-refractivity contribution in [3.05, 3.63) is 29.6 Å². The highest BCUT2D eigenvalue weighted by atomic mass is 19.4. The van der Waals surface area contributed by atoms with E-state index < -0.39 is 12.1 Å². The first-order valence-corrected chi connectivity index (χ1v) is 9.30. The number of nitrogens with zero attached hydrogens (tertiary/aromatic N) is 7. The number of nitriles is 2. The van der Waals surface area contributed by atoms with Crippen LogP contribution in [0.2, 0.25) is 0 Å². The first kappa shape index (κ1) is 21.8. The average Bonchev–Trinajstić information content (AvgIpc) is 3.07. The fourth-order valence-corrected chi connectivity index (χ4v) is 3.13. The molecule has 0 spiro atoms. The van der Waals surface area contributed by atoms with Crippen LogP contribution in [-0.4, -0.2) is 34.7 Å². The number of amides is 1. The third-order valence-electron chi connectivity index (χ3n) is 4.74. The Kier molecular flexibility index (Phi) is 6.20. The second-order valence-corrected chi connectivity index (χ2v) is 6.79. The number of piperidine rings is 1. The molecule has 0 radical (unpaired) electrons. The summed E-state index contributed by atoms with van der Waals surface area (Å²) in [5.41, 5.74) is 0.293. The standard InChI is InChI=1S/C19H17F3N8O/c1-29-16(11-24)15(10-23)26-18(29)28-27-13-6-5-12(30-7-3-2-4-8-30)9-14(13)25-17(31)19(20,21)22/h5-6,9H,2-4,7-8H2,1H3,(H,25,31). The topological polar surface area (TPSA) is 122 Å². The first-order valence-electron chi connectivity index (χ1n) is 9.30. The van der Waals surface area contributed by atoms with Gasteiger partial charge in [-0.05, 0) is 37.5 Å². The van der Waals surface area contributed by atoms with E-state index in [0.29, 0.717) is 5.69 Å².